The van der Waals surface area contributed by atoms with E-state index < -0.39 is 66.5 Å². The number of hydrogen-bond donors (Lipinski definition) is 0. The Morgan fingerprint density at radius 3 is 1.72 bits per heavy atom. The molecule has 8 aromatic rings. The molecule has 1 nitrogen and oxygen atoms in total. The van der Waals surface area contributed by atoms with Gasteiger partial charge in [-0.3, -0.25) is 0 Å². The lowest BCUT2D eigenvalue weighted by atomic mass is 9.85. The second-order valence-electron chi connectivity index (χ2n) is 8.90. The van der Waals surface area contributed by atoms with Crippen molar-refractivity contribution in [3.63, 3.8) is 0 Å². The number of fused-ring (bicyclic) bond motifs is 5. The zero-order valence-corrected chi connectivity index (χ0v) is 20.0. The van der Waals surface area contributed by atoms with E-state index in [4.69, 9.17) is 25.0 Å². The van der Waals surface area contributed by atoms with E-state index in [1.807, 2.05) is 0 Å². The number of rotatable bonds is 3. The maximum absolute atomic E-state index is 9.27. The largest absolute Gasteiger partial charge is 0.456 e. The van der Waals surface area contributed by atoms with E-state index in [0.29, 0.717) is 21.9 Å². The quantitative estimate of drug-likeness (QED) is 0.215. The summed E-state index contributed by atoms with van der Waals surface area (Å²) in [4.78, 5) is 0. The summed E-state index contributed by atoms with van der Waals surface area (Å²) in [7, 11) is 0. The fourth-order valence-corrected chi connectivity index (χ4v) is 5.12. The van der Waals surface area contributed by atoms with Crippen molar-refractivity contribution in [2.45, 2.75) is 0 Å². The van der Waals surface area contributed by atoms with Crippen molar-refractivity contribution in [2.24, 2.45) is 0 Å². The van der Waals surface area contributed by atoms with Crippen molar-refractivity contribution in [1.29, 1.82) is 0 Å². The smallest absolute Gasteiger partial charge is 0.135 e. The van der Waals surface area contributed by atoms with Crippen LogP contribution in [0.25, 0.3) is 76.9 Å². The van der Waals surface area contributed by atoms with Gasteiger partial charge in [-0.2, -0.15) is 0 Å². The van der Waals surface area contributed by atoms with E-state index in [0.717, 1.165) is 0 Å². The Morgan fingerprint density at radius 1 is 0.410 bits per heavy atom. The van der Waals surface area contributed by atoms with Gasteiger partial charge < -0.3 is 4.42 Å². The Bertz CT molecular complexity index is 2960. The fourth-order valence-electron chi connectivity index (χ4n) is 5.12. The number of hydrogen-bond acceptors (Lipinski definition) is 1. The molecule has 0 bridgehead atoms. The van der Waals surface area contributed by atoms with E-state index in [1.54, 1.807) is 24.3 Å². The monoisotopic (exact) mass is 512 g/mol. The molecule has 0 amide bonds. The maximum atomic E-state index is 9.27. The topological polar surface area (TPSA) is 13.1 Å². The molecule has 7 aromatic carbocycles. The molecule has 1 aromatic heterocycles. The highest BCUT2D eigenvalue weighted by Crippen LogP contribution is 2.44. The highest BCUT2D eigenvalue weighted by atomic mass is 16.3. The van der Waals surface area contributed by atoms with E-state index in [2.05, 4.69) is 0 Å². The normalized spacial score (nSPS) is 17.3. The molecule has 0 atom stereocenters. The van der Waals surface area contributed by atoms with Crippen LogP contribution < -0.4 is 0 Å². The third-order valence-corrected chi connectivity index (χ3v) is 6.77. The van der Waals surface area contributed by atoms with Crippen LogP contribution in [-0.2, 0) is 0 Å². The Balaban J connectivity index is 1.50. The van der Waals surface area contributed by atoms with Crippen LogP contribution in [0.15, 0.2) is 150 Å². The van der Waals surface area contributed by atoms with Crippen LogP contribution in [0.1, 0.15) is 21.9 Å². The Morgan fingerprint density at radius 2 is 1.00 bits per heavy atom. The van der Waals surface area contributed by atoms with Crippen LogP contribution in [0.2, 0.25) is 0 Å². The van der Waals surface area contributed by atoms with Gasteiger partial charge in [-0.15, -0.1) is 0 Å². The lowest BCUT2D eigenvalue weighted by Gasteiger charge is -2.18. The van der Waals surface area contributed by atoms with Gasteiger partial charge in [-0.05, 0) is 79.1 Å². The standard InChI is InChI=1S/C38H24O/c1-2-11-25(12-3-1)37-30-16-4-6-18-32(30)38(33-19-7-5-17-31(33)37)28-14-10-13-26(23-28)27-21-22-36-34(24-27)29-15-8-9-20-35(29)39-36/h1-24H/i1D,2D,3D,4D,5D,6D,7D,8D,9D,11D,12D,15D,20D,21D,22D,24D. The van der Waals surface area contributed by atoms with Crippen LogP contribution in [-0.4, -0.2) is 0 Å². The van der Waals surface area contributed by atoms with Gasteiger partial charge in [-0.25, -0.2) is 0 Å². The summed E-state index contributed by atoms with van der Waals surface area (Å²) in [5.41, 5.74) is 0.479. The molecular formula is C38H24O. The van der Waals surface area contributed by atoms with Crippen molar-refractivity contribution in [3.05, 3.63) is 145 Å². The van der Waals surface area contributed by atoms with Gasteiger partial charge in [0.15, 0.2) is 0 Å². The molecule has 8 rings (SSSR count). The third-order valence-electron chi connectivity index (χ3n) is 6.77. The second-order valence-corrected chi connectivity index (χ2v) is 8.90. The van der Waals surface area contributed by atoms with Crippen molar-refractivity contribution in [2.75, 3.05) is 0 Å². The van der Waals surface area contributed by atoms with Crippen molar-refractivity contribution >= 4 is 43.5 Å². The van der Waals surface area contributed by atoms with Crippen LogP contribution in [0, 0.1) is 0 Å². The average Bonchev–Trinajstić information content (AvgIpc) is 3.57. The molecule has 39 heavy (non-hydrogen) atoms. The molecule has 0 fully saturated rings. The second kappa shape index (κ2) is 8.72. The highest BCUT2D eigenvalue weighted by Gasteiger charge is 2.17. The fraction of sp³-hybridized carbons (Fsp3) is 0. The average molecular weight is 513 g/mol. The molecule has 1 heterocycles. The Kier molecular flexibility index (Phi) is 2.53. The molecule has 0 spiro atoms. The summed E-state index contributed by atoms with van der Waals surface area (Å²) < 4.78 is 143. The van der Waals surface area contributed by atoms with Gasteiger partial charge >= 0.3 is 0 Å². The first kappa shape index (κ1) is 11.3. The summed E-state index contributed by atoms with van der Waals surface area (Å²) >= 11 is 0. The zero-order valence-electron chi connectivity index (χ0n) is 36.0. The molecule has 0 unspecified atom stereocenters. The van der Waals surface area contributed by atoms with Crippen molar-refractivity contribution < 1.29 is 26.3 Å². The summed E-state index contributed by atoms with van der Waals surface area (Å²) in [6, 6.07) is 5.18. The summed E-state index contributed by atoms with van der Waals surface area (Å²) in [6.07, 6.45) is 0. The lowest BCUT2D eigenvalue weighted by molar-refractivity contribution is 0.669. The lowest BCUT2D eigenvalue weighted by Crippen LogP contribution is -1.91. The van der Waals surface area contributed by atoms with Crippen molar-refractivity contribution in [1.82, 2.24) is 0 Å². The van der Waals surface area contributed by atoms with Crippen LogP contribution in [0.4, 0.5) is 0 Å². The number of para-hydroxylation sites is 1. The van der Waals surface area contributed by atoms with Crippen LogP contribution >= 0.6 is 0 Å². The zero-order chi connectivity index (χ0) is 39.7. The predicted octanol–water partition coefficient (Wildman–Crippen LogP) is 10.9. The predicted molar refractivity (Wildman–Crippen MR) is 165 cm³/mol. The third kappa shape index (κ3) is 3.48. The van der Waals surface area contributed by atoms with Gasteiger partial charge in [0.25, 0.3) is 0 Å². The first-order chi connectivity index (χ1) is 26.0. The van der Waals surface area contributed by atoms with Gasteiger partial charge in [0.2, 0.25) is 0 Å². The molecular weight excluding hydrogens is 472 g/mol. The van der Waals surface area contributed by atoms with E-state index in [-0.39, 0.29) is 85.2 Å². The van der Waals surface area contributed by atoms with Crippen LogP contribution in [0.5, 0.6) is 0 Å². The summed E-state index contributed by atoms with van der Waals surface area (Å²) in [5, 5.41) is 0.943. The van der Waals surface area contributed by atoms with Gasteiger partial charge in [0, 0.05) is 10.8 Å². The molecule has 182 valence electrons. The molecule has 0 radical (unpaired) electrons. The molecule has 0 aliphatic carbocycles. The SMILES string of the molecule is [2H]c1cc2c(-c3cccc(-c4c([2H])c([2H])c5oc6c([2H])c([2H])c([2H])c([2H])c6c5c4[2H])c3)c3cc([2H])c([2H])cc3c(-c3c([2H])c([2H])c([2H])c([2H])c3[2H])c2cc1[2H]. The molecule has 0 N–H and O–H groups in total. The van der Waals surface area contributed by atoms with Gasteiger partial charge in [0.05, 0.1) is 21.9 Å². The number of furan rings is 1. The first-order valence-electron chi connectivity index (χ1n) is 20.0. The van der Waals surface area contributed by atoms with E-state index in [1.165, 1.54) is 24.3 Å². The molecule has 0 aliphatic heterocycles. The maximum Gasteiger partial charge on any atom is 0.135 e. The first-order valence-corrected chi connectivity index (χ1v) is 12.0. The van der Waals surface area contributed by atoms with Gasteiger partial charge in [0.1, 0.15) is 11.2 Å². The minimum absolute atomic E-state index is 0.0388. The molecule has 1 heteroatoms. The van der Waals surface area contributed by atoms with Gasteiger partial charge in [-0.1, -0.05) is 121 Å². The highest BCUT2D eigenvalue weighted by molar-refractivity contribution is 6.21. The van der Waals surface area contributed by atoms with Crippen molar-refractivity contribution in [3.8, 4) is 33.4 Å². The van der Waals surface area contributed by atoms with E-state index in [9.17, 15) is 1.37 Å². The minimum atomic E-state index is -0.606. The summed E-state index contributed by atoms with van der Waals surface area (Å²) in [6.45, 7) is 0. The molecule has 0 saturated carbocycles. The Labute approximate surface area is 249 Å². The minimum Gasteiger partial charge on any atom is -0.456 e. The summed E-state index contributed by atoms with van der Waals surface area (Å²) in [5.74, 6) is 0. The molecule has 0 aliphatic rings. The van der Waals surface area contributed by atoms with E-state index >= 15 is 0 Å². The van der Waals surface area contributed by atoms with Crippen LogP contribution in [0.3, 0.4) is 0 Å². The molecule has 0 saturated heterocycles. The number of benzene rings is 7. The Hall–Kier alpha value is -5.14.